The van der Waals surface area contributed by atoms with Crippen LogP contribution in [0.2, 0.25) is 0 Å². The Morgan fingerprint density at radius 3 is 2.40 bits per heavy atom. The molecule has 1 aromatic carbocycles. The van der Waals surface area contributed by atoms with Crippen molar-refractivity contribution in [2.45, 2.75) is 58.0 Å². The summed E-state index contributed by atoms with van der Waals surface area (Å²) in [5, 5.41) is 2.92. The normalized spacial score (nSPS) is 11.7. The molecule has 7 heteroatoms. The van der Waals surface area contributed by atoms with Crippen LogP contribution >= 0.6 is 0 Å². The molecular weight excluding hydrogens is 391 g/mol. The maximum absolute atomic E-state index is 12.9. The molecule has 1 amide bonds. The molecule has 3 aromatic rings. The Bertz CT molecular complexity index is 978. The van der Waals surface area contributed by atoms with E-state index in [-0.39, 0.29) is 5.91 Å². The van der Waals surface area contributed by atoms with E-state index in [9.17, 15) is 18.0 Å². The van der Waals surface area contributed by atoms with Gasteiger partial charge in [0.15, 0.2) is 0 Å². The molecule has 0 aliphatic rings. The number of unbranched alkanes of at least 4 members (excludes halogenated alkanes) is 5. The lowest BCUT2D eigenvalue weighted by molar-refractivity contribution is -0.137. The first-order chi connectivity index (χ1) is 14.4. The summed E-state index contributed by atoms with van der Waals surface area (Å²) in [6, 6.07) is 10.2. The predicted molar refractivity (Wildman–Crippen MR) is 112 cm³/mol. The fourth-order valence-electron chi connectivity index (χ4n) is 3.39. The molecule has 0 saturated carbocycles. The van der Waals surface area contributed by atoms with Crippen LogP contribution in [0.4, 0.5) is 19.0 Å². The molecule has 0 fully saturated rings. The number of anilines is 1. The number of alkyl halides is 3. The number of nitrogens with zero attached hydrogens (tertiary/aromatic N) is 2. The summed E-state index contributed by atoms with van der Waals surface area (Å²) in [5.74, 6) is 0.352. The Hall–Kier alpha value is -2.83. The van der Waals surface area contributed by atoms with Gasteiger partial charge in [0.1, 0.15) is 17.2 Å². The number of halogens is 3. The summed E-state index contributed by atoms with van der Waals surface area (Å²) >= 11 is 0. The number of amides is 1. The van der Waals surface area contributed by atoms with Gasteiger partial charge in [0.25, 0.3) is 0 Å². The number of rotatable bonds is 9. The number of carbonyl (C=O) groups is 1. The van der Waals surface area contributed by atoms with Crippen molar-refractivity contribution in [3.63, 3.8) is 0 Å². The standard InChI is InChI=1S/C23H26F3N3O/c1-2-3-4-5-6-7-11-20(30)28-22-21(27-19-10-8-9-16-29(19)22)17-12-14-18(15-13-17)23(24,25)26/h8-10,12-16H,2-7,11H2,1H3,(H,28,30). The smallest absolute Gasteiger partial charge is 0.310 e. The van der Waals surface area contributed by atoms with Crippen molar-refractivity contribution in [2.24, 2.45) is 0 Å². The van der Waals surface area contributed by atoms with E-state index < -0.39 is 11.7 Å². The Balaban J connectivity index is 1.78. The first-order valence-electron chi connectivity index (χ1n) is 10.3. The highest BCUT2D eigenvalue weighted by molar-refractivity contribution is 5.94. The van der Waals surface area contributed by atoms with E-state index >= 15 is 0 Å². The minimum Gasteiger partial charge on any atom is -0.310 e. The summed E-state index contributed by atoms with van der Waals surface area (Å²) in [4.78, 5) is 17.0. The third-order valence-corrected chi connectivity index (χ3v) is 5.03. The van der Waals surface area contributed by atoms with Crippen LogP contribution in [0.5, 0.6) is 0 Å². The van der Waals surface area contributed by atoms with Crippen LogP contribution < -0.4 is 5.32 Å². The topological polar surface area (TPSA) is 46.4 Å². The quantitative estimate of drug-likeness (QED) is 0.393. The number of hydrogen-bond donors (Lipinski definition) is 1. The van der Waals surface area contributed by atoms with Crippen LogP contribution in [0.25, 0.3) is 16.9 Å². The maximum Gasteiger partial charge on any atom is 0.416 e. The highest BCUT2D eigenvalue weighted by atomic mass is 19.4. The number of imidazole rings is 1. The lowest BCUT2D eigenvalue weighted by Gasteiger charge is -2.09. The zero-order valence-corrected chi connectivity index (χ0v) is 17.0. The molecule has 160 valence electrons. The van der Waals surface area contributed by atoms with Crippen molar-refractivity contribution >= 4 is 17.4 Å². The Kier molecular flexibility index (Phi) is 7.13. The van der Waals surface area contributed by atoms with E-state index in [1.807, 2.05) is 12.1 Å². The summed E-state index contributed by atoms with van der Waals surface area (Å²) in [6.45, 7) is 2.16. The fraction of sp³-hybridized carbons (Fsp3) is 0.391. The SMILES string of the molecule is CCCCCCCCC(=O)Nc1c(-c2ccc(C(F)(F)F)cc2)nc2ccccn12. The molecule has 0 atom stereocenters. The van der Waals surface area contributed by atoms with E-state index in [0.717, 1.165) is 31.4 Å². The van der Waals surface area contributed by atoms with Crippen LogP contribution in [0.1, 0.15) is 57.4 Å². The molecule has 3 rings (SSSR count). The molecule has 30 heavy (non-hydrogen) atoms. The number of fused-ring (bicyclic) bond motifs is 1. The van der Waals surface area contributed by atoms with Gasteiger partial charge in [0.05, 0.1) is 5.56 Å². The molecule has 0 bridgehead atoms. The van der Waals surface area contributed by atoms with Crippen LogP contribution in [-0.4, -0.2) is 15.3 Å². The van der Waals surface area contributed by atoms with Crippen LogP contribution in [0, 0.1) is 0 Å². The van der Waals surface area contributed by atoms with Crippen molar-refractivity contribution in [1.29, 1.82) is 0 Å². The monoisotopic (exact) mass is 417 g/mol. The van der Waals surface area contributed by atoms with E-state index in [0.29, 0.717) is 29.1 Å². The average molecular weight is 417 g/mol. The van der Waals surface area contributed by atoms with E-state index in [1.165, 1.54) is 31.4 Å². The van der Waals surface area contributed by atoms with Gasteiger partial charge in [-0.3, -0.25) is 9.20 Å². The first-order valence-corrected chi connectivity index (χ1v) is 10.3. The summed E-state index contributed by atoms with van der Waals surface area (Å²) in [7, 11) is 0. The highest BCUT2D eigenvalue weighted by Crippen LogP contribution is 2.33. The zero-order chi connectivity index (χ0) is 21.6. The maximum atomic E-state index is 12.9. The van der Waals surface area contributed by atoms with E-state index in [1.54, 1.807) is 16.7 Å². The first kappa shape index (κ1) is 21.9. The minimum atomic E-state index is -4.40. The Morgan fingerprint density at radius 1 is 1.00 bits per heavy atom. The third kappa shape index (κ3) is 5.40. The van der Waals surface area contributed by atoms with Crippen molar-refractivity contribution in [2.75, 3.05) is 5.32 Å². The van der Waals surface area contributed by atoms with E-state index in [2.05, 4.69) is 17.2 Å². The van der Waals surface area contributed by atoms with Gasteiger partial charge in [-0.25, -0.2) is 4.98 Å². The van der Waals surface area contributed by atoms with Crippen molar-refractivity contribution in [3.05, 3.63) is 54.2 Å². The number of hydrogen-bond acceptors (Lipinski definition) is 2. The summed E-state index contributed by atoms with van der Waals surface area (Å²) < 4.78 is 40.4. The van der Waals surface area contributed by atoms with Gasteiger partial charge in [-0.15, -0.1) is 0 Å². The number of nitrogens with one attached hydrogen (secondary N) is 1. The lowest BCUT2D eigenvalue weighted by Crippen LogP contribution is -2.13. The second-order valence-electron chi connectivity index (χ2n) is 7.38. The van der Waals surface area contributed by atoms with Crippen molar-refractivity contribution < 1.29 is 18.0 Å². The van der Waals surface area contributed by atoms with Gasteiger partial charge in [-0.2, -0.15) is 13.2 Å². The lowest BCUT2D eigenvalue weighted by atomic mass is 10.1. The van der Waals surface area contributed by atoms with Crippen LogP contribution in [0.15, 0.2) is 48.7 Å². The molecule has 0 unspecified atom stereocenters. The van der Waals surface area contributed by atoms with Gasteiger partial charge in [0, 0.05) is 18.2 Å². The molecule has 0 aliphatic heterocycles. The summed E-state index contributed by atoms with van der Waals surface area (Å²) in [5.41, 5.74) is 0.860. The third-order valence-electron chi connectivity index (χ3n) is 5.03. The molecular formula is C23H26F3N3O. The molecule has 0 saturated heterocycles. The molecule has 0 radical (unpaired) electrons. The van der Waals surface area contributed by atoms with E-state index in [4.69, 9.17) is 0 Å². The van der Waals surface area contributed by atoms with Gasteiger partial charge >= 0.3 is 6.18 Å². The minimum absolute atomic E-state index is 0.121. The zero-order valence-electron chi connectivity index (χ0n) is 17.0. The predicted octanol–water partition coefficient (Wildman–Crippen LogP) is 6.71. The van der Waals surface area contributed by atoms with Crippen molar-refractivity contribution in [3.8, 4) is 11.3 Å². The molecule has 0 spiro atoms. The highest BCUT2D eigenvalue weighted by Gasteiger charge is 2.30. The second kappa shape index (κ2) is 9.78. The number of pyridine rings is 1. The molecule has 1 N–H and O–H groups in total. The number of benzene rings is 1. The summed E-state index contributed by atoms with van der Waals surface area (Å²) in [6.07, 6.45) is 4.29. The Labute approximate surface area is 174 Å². The Morgan fingerprint density at radius 2 is 1.70 bits per heavy atom. The fourth-order valence-corrected chi connectivity index (χ4v) is 3.39. The molecule has 0 aliphatic carbocycles. The van der Waals surface area contributed by atoms with Crippen LogP contribution in [0.3, 0.4) is 0 Å². The number of carbonyl (C=O) groups excluding carboxylic acids is 1. The van der Waals surface area contributed by atoms with Gasteiger partial charge < -0.3 is 5.32 Å². The average Bonchev–Trinajstić information content (AvgIpc) is 3.08. The number of aromatic nitrogens is 2. The second-order valence-corrected chi connectivity index (χ2v) is 7.38. The molecule has 2 heterocycles. The van der Waals surface area contributed by atoms with Crippen molar-refractivity contribution in [1.82, 2.24) is 9.38 Å². The molecule has 4 nitrogen and oxygen atoms in total. The molecule has 2 aromatic heterocycles. The van der Waals surface area contributed by atoms with Crippen LogP contribution in [-0.2, 0) is 11.0 Å². The van der Waals surface area contributed by atoms with Gasteiger partial charge in [-0.1, -0.05) is 57.2 Å². The van der Waals surface area contributed by atoms with Gasteiger partial charge in [-0.05, 0) is 30.7 Å². The van der Waals surface area contributed by atoms with Gasteiger partial charge in [0.2, 0.25) is 5.91 Å². The largest absolute Gasteiger partial charge is 0.416 e.